The van der Waals surface area contributed by atoms with E-state index >= 15 is 0 Å². The van der Waals surface area contributed by atoms with Gasteiger partial charge in [0.05, 0.1) is 34.2 Å². The predicted octanol–water partition coefficient (Wildman–Crippen LogP) is 1.99. The van der Waals surface area contributed by atoms with Gasteiger partial charge in [0.2, 0.25) is 0 Å². The number of carbonyl (C=O) groups excluding carboxylic acids is 1. The van der Waals surface area contributed by atoms with Gasteiger partial charge in [0, 0.05) is 0 Å². The Bertz CT molecular complexity index is 349. The second-order valence-electron chi connectivity index (χ2n) is 4.66. The van der Waals surface area contributed by atoms with Crippen molar-refractivity contribution >= 4 is 11.7 Å². The molecule has 3 nitrogen and oxygen atoms in total. The molecule has 0 spiro atoms. The van der Waals surface area contributed by atoms with E-state index in [1.165, 1.54) is 5.69 Å². The summed E-state index contributed by atoms with van der Waals surface area (Å²) in [6.45, 7) is 2.26. The van der Waals surface area contributed by atoms with E-state index in [1.54, 1.807) is 0 Å². The third-order valence-corrected chi connectivity index (χ3v) is 2.36. The molecule has 0 unspecified atom stereocenters. The van der Waals surface area contributed by atoms with Crippen LogP contribution in [0.3, 0.4) is 0 Å². The van der Waals surface area contributed by atoms with Gasteiger partial charge in [-0.25, -0.2) is 0 Å². The largest absolute Gasteiger partial charge is 0.466 e. The minimum atomic E-state index is -0.166. The number of quaternary nitrogens is 1. The van der Waals surface area contributed by atoms with Gasteiger partial charge in [0.15, 0.2) is 0 Å². The van der Waals surface area contributed by atoms with E-state index in [0.717, 1.165) is 10.0 Å². The maximum Gasteiger partial charge on any atom is 0.310 e. The normalized spacial score (nSPS) is 11.2. The summed E-state index contributed by atoms with van der Waals surface area (Å²) in [4.78, 5) is 11.3. The van der Waals surface area contributed by atoms with Crippen LogP contribution in [-0.4, -0.2) is 33.7 Å². The van der Waals surface area contributed by atoms with E-state index < -0.39 is 0 Å². The fourth-order valence-electron chi connectivity index (χ4n) is 1.44. The summed E-state index contributed by atoms with van der Waals surface area (Å²) in [5, 5.41) is 0. The molecule has 0 atom stereocenters. The molecule has 0 aliphatic heterocycles. The standard InChI is InChI=1S/C13H20NO2/c1-5-16-13(15)10-11-6-8-12(9-7-11)14(2,3)4/h6-9H,5,10H2,1-4H3/q+1. The van der Waals surface area contributed by atoms with Gasteiger partial charge in [0.25, 0.3) is 0 Å². The Labute approximate surface area is 97.2 Å². The Balaban J connectivity index is 2.69. The molecule has 0 heterocycles. The lowest BCUT2D eigenvalue weighted by Crippen LogP contribution is -2.34. The number of ether oxygens (including phenoxy) is 1. The third kappa shape index (κ3) is 3.66. The number of hydrogen-bond acceptors (Lipinski definition) is 2. The van der Waals surface area contributed by atoms with Crippen LogP contribution in [0.1, 0.15) is 12.5 Å². The van der Waals surface area contributed by atoms with Crippen molar-refractivity contribution in [2.24, 2.45) is 0 Å². The van der Waals surface area contributed by atoms with Crippen molar-refractivity contribution in [3.05, 3.63) is 29.8 Å². The van der Waals surface area contributed by atoms with Crippen LogP contribution in [0.2, 0.25) is 0 Å². The van der Waals surface area contributed by atoms with E-state index in [1.807, 2.05) is 19.1 Å². The number of hydrogen-bond donors (Lipinski definition) is 0. The summed E-state index contributed by atoms with van der Waals surface area (Å²) in [6.07, 6.45) is 0.352. The van der Waals surface area contributed by atoms with Crippen LogP contribution in [0, 0.1) is 0 Å². The van der Waals surface area contributed by atoms with E-state index in [4.69, 9.17) is 4.74 Å². The van der Waals surface area contributed by atoms with Crippen LogP contribution >= 0.6 is 0 Å². The van der Waals surface area contributed by atoms with Crippen LogP contribution in [-0.2, 0) is 16.0 Å². The van der Waals surface area contributed by atoms with Gasteiger partial charge in [0.1, 0.15) is 5.69 Å². The second-order valence-corrected chi connectivity index (χ2v) is 4.66. The molecule has 0 saturated carbocycles. The van der Waals surface area contributed by atoms with E-state index in [-0.39, 0.29) is 5.97 Å². The fraction of sp³-hybridized carbons (Fsp3) is 0.462. The summed E-state index contributed by atoms with van der Waals surface area (Å²) < 4.78 is 5.68. The minimum absolute atomic E-state index is 0.166. The molecule has 0 aliphatic rings. The Morgan fingerprint density at radius 2 is 1.75 bits per heavy atom. The van der Waals surface area contributed by atoms with Crippen LogP contribution in [0.15, 0.2) is 24.3 Å². The van der Waals surface area contributed by atoms with E-state index in [0.29, 0.717) is 13.0 Å². The lowest BCUT2D eigenvalue weighted by atomic mass is 10.1. The number of benzene rings is 1. The molecular weight excluding hydrogens is 202 g/mol. The first-order valence-electron chi connectivity index (χ1n) is 5.50. The number of carbonyl (C=O) groups is 1. The molecule has 0 bridgehead atoms. The van der Waals surface area contributed by atoms with Gasteiger partial charge in [-0.2, -0.15) is 0 Å². The number of rotatable bonds is 4. The molecule has 88 valence electrons. The molecule has 0 aromatic heterocycles. The Morgan fingerprint density at radius 3 is 2.19 bits per heavy atom. The lowest BCUT2D eigenvalue weighted by molar-refractivity contribution is -0.142. The highest BCUT2D eigenvalue weighted by Crippen LogP contribution is 2.17. The van der Waals surface area contributed by atoms with Crippen molar-refractivity contribution in [3.8, 4) is 0 Å². The molecular formula is C13H20NO2+. The van der Waals surface area contributed by atoms with Crippen molar-refractivity contribution < 1.29 is 9.53 Å². The number of esters is 1. The first-order chi connectivity index (χ1) is 7.43. The molecule has 3 heteroatoms. The van der Waals surface area contributed by atoms with Gasteiger partial charge in [-0.15, -0.1) is 0 Å². The van der Waals surface area contributed by atoms with Gasteiger partial charge >= 0.3 is 5.97 Å². The SMILES string of the molecule is CCOC(=O)Cc1ccc([N+](C)(C)C)cc1. The van der Waals surface area contributed by atoms with Gasteiger partial charge < -0.3 is 4.74 Å². The summed E-state index contributed by atoms with van der Waals surface area (Å²) in [7, 11) is 6.33. The molecule has 1 rings (SSSR count). The second kappa shape index (κ2) is 5.12. The van der Waals surface area contributed by atoms with Crippen molar-refractivity contribution in [1.82, 2.24) is 4.48 Å². The quantitative estimate of drug-likeness (QED) is 0.575. The molecule has 1 aromatic rings. The van der Waals surface area contributed by atoms with E-state index in [9.17, 15) is 4.79 Å². The third-order valence-electron chi connectivity index (χ3n) is 2.36. The maximum atomic E-state index is 11.3. The summed E-state index contributed by atoms with van der Waals surface area (Å²) >= 11 is 0. The summed E-state index contributed by atoms with van der Waals surface area (Å²) in [5.41, 5.74) is 2.21. The van der Waals surface area contributed by atoms with E-state index in [2.05, 4.69) is 33.3 Å². The van der Waals surface area contributed by atoms with Crippen LogP contribution in [0.25, 0.3) is 0 Å². The molecule has 0 aliphatic carbocycles. The molecule has 0 radical (unpaired) electrons. The zero-order chi connectivity index (χ0) is 12.2. The zero-order valence-electron chi connectivity index (χ0n) is 10.5. The first kappa shape index (κ1) is 12.7. The molecule has 0 saturated heterocycles. The highest BCUT2D eigenvalue weighted by atomic mass is 16.5. The molecule has 1 aromatic carbocycles. The van der Waals surface area contributed by atoms with Crippen molar-refractivity contribution in [1.29, 1.82) is 0 Å². The average Bonchev–Trinajstić information content (AvgIpc) is 2.17. The first-order valence-corrected chi connectivity index (χ1v) is 5.50. The molecule has 0 amide bonds. The highest BCUT2D eigenvalue weighted by Gasteiger charge is 2.12. The van der Waals surface area contributed by atoms with Gasteiger partial charge in [-0.05, 0) is 24.6 Å². The Morgan fingerprint density at radius 1 is 1.19 bits per heavy atom. The number of nitrogens with zero attached hydrogens (tertiary/aromatic N) is 1. The van der Waals surface area contributed by atoms with Crippen LogP contribution in [0.4, 0.5) is 5.69 Å². The Hall–Kier alpha value is -1.35. The maximum absolute atomic E-state index is 11.3. The lowest BCUT2D eigenvalue weighted by Gasteiger charge is -2.23. The molecule has 0 N–H and O–H groups in total. The van der Waals surface area contributed by atoms with Crippen LogP contribution in [0.5, 0.6) is 0 Å². The van der Waals surface area contributed by atoms with Crippen molar-refractivity contribution in [3.63, 3.8) is 0 Å². The summed E-state index contributed by atoms with van der Waals surface area (Å²) in [5.74, 6) is -0.166. The molecule has 0 fully saturated rings. The predicted molar refractivity (Wildman–Crippen MR) is 66.3 cm³/mol. The van der Waals surface area contributed by atoms with Gasteiger partial charge in [-0.3, -0.25) is 9.28 Å². The topological polar surface area (TPSA) is 26.3 Å². The van der Waals surface area contributed by atoms with Gasteiger partial charge in [-0.1, -0.05) is 12.1 Å². The summed E-state index contributed by atoms with van der Waals surface area (Å²) in [6, 6.07) is 8.06. The van der Waals surface area contributed by atoms with Crippen molar-refractivity contribution in [2.45, 2.75) is 13.3 Å². The fourth-order valence-corrected chi connectivity index (χ4v) is 1.44. The smallest absolute Gasteiger partial charge is 0.310 e. The van der Waals surface area contributed by atoms with Crippen LogP contribution < -0.4 is 4.48 Å². The monoisotopic (exact) mass is 222 g/mol. The highest BCUT2D eigenvalue weighted by molar-refractivity contribution is 5.72. The Kier molecular flexibility index (Phi) is 4.07. The minimum Gasteiger partial charge on any atom is -0.466 e. The molecule has 16 heavy (non-hydrogen) atoms. The zero-order valence-corrected chi connectivity index (χ0v) is 10.5. The van der Waals surface area contributed by atoms with Crippen molar-refractivity contribution in [2.75, 3.05) is 27.7 Å². The average molecular weight is 222 g/mol.